The molecule has 1 saturated heterocycles. The first kappa shape index (κ1) is 18.4. The first-order chi connectivity index (χ1) is 11.2. The van der Waals surface area contributed by atoms with Crippen LogP contribution in [0.1, 0.15) is 52.1 Å². The molecule has 1 aromatic heterocycles. The minimum absolute atomic E-state index is 0.0660. The minimum atomic E-state index is -0.311. The van der Waals surface area contributed by atoms with Crippen molar-refractivity contribution in [1.29, 1.82) is 0 Å². The molecule has 0 aliphatic carbocycles. The highest BCUT2D eigenvalue weighted by atomic mass is 16.2. The Bertz CT molecular complexity index is 603. The van der Waals surface area contributed by atoms with Crippen molar-refractivity contribution in [3.05, 3.63) is 11.8 Å². The third-order valence-corrected chi connectivity index (χ3v) is 4.27. The second kappa shape index (κ2) is 7.34. The first-order valence-corrected chi connectivity index (χ1v) is 8.56. The second-order valence-corrected chi connectivity index (χ2v) is 7.59. The Morgan fingerprint density at radius 3 is 2.71 bits per heavy atom. The van der Waals surface area contributed by atoms with E-state index in [0.717, 1.165) is 31.5 Å². The number of primary amides is 1. The van der Waals surface area contributed by atoms with Crippen LogP contribution < -0.4 is 11.1 Å². The summed E-state index contributed by atoms with van der Waals surface area (Å²) in [6, 6.07) is 1.94. The van der Waals surface area contributed by atoms with Crippen LogP contribution in [0.3, 0.4) is 0 Å². The van der Waals surface area contributed by atoms with Crippen LogP contribution >= 0.6 is 0 Å². The van der Waals surface area contributed by atoms with Crippen molar-refractivity contribution in [1.82, 2.24) is 14.7 Å². The lowest BCUT2D eigenvalue weighted by molar-refractivity contribution is -0.122. The number of nitrogens with zero attached hydrogens (tertiary/aromatic N) is 3. The van der Waals surface area contributed by atoms with Crippen molar-refractivity contribution in [3.63, 3.8) is 0 Å². The van der Waals surface area contributed by atoms with E-state index in [0.29, 0.717) is 12.2 Å². The molecule has 2 amide bonds. The molecule has 1 atom stereocenters. The van der Waals surface area contributed by atoms with Crippen LogP contribution in [-0.4, -0.2) is 45.6 Å². The third-order valence-electron chi connectivity index (χ3n) is 4.27. The Morgan fingerprint density at radius 2 is 2.08 bits per heavy atom. The molecule has 0 bridgehead atoms. The number of carbonyl (C=O) groups excluding carboxylic acids is 2. The maximum absolute atomic E-state index is 12.5. The van der Waals surface area contributed by atoms with Crippen molar-refractivity contribution in [2.75, 3.05) is 18.4 Å². The molecule has 0 unspecified atom stereocenters. The SMILES string of the molecule is Cc1cc(NC(=O)CN2CCCC[C@H]2CC(N)=O)n(C(C)(C)C)n1. The summed E-state index contributed by atoms with van der Waals surface area (Å²) >= 11 is 0. The van der Waals surface area contributed by atoms with Gasteiger partial charge in [-0.05, 0) is 47.1 Å². The van der Waals surface area contributed by atoms with Crippen molar-refractivity contribution >= 4 is 17.6 Å². The number of rotatable bonds is 5. The van der Waals surface area contributed by atoms with Gasteiger partial charge in [-0.15, -0.1) is 0 Å². The molecule has 0 radical (unpaired) electrons. The number of aryl methyl sites for hydroxylation is 1. The molecule has 0 spiro atoms. The summed E-state index contributed by atoms with van der Waals surface area (Å²) in [5.74, 6) is 0.305. The van der Waals surface area contributed by atoms with Crippen molar-refractivity contribution in [2.24, 2.45) is 5.73 Å². The summed E-state index contributed by atoms with van der Waals surface area (Å²) in [6.45, 7) is 9.13. The van der Waals surface area contributed by atoms with Gasteiger partial charge in [0.25, 0.3) is 0 Å². The number of carbonyl (C=O) groups is 2. The van der Waals surface area contributed by atoms with Gasteiger partial charge in [0.1, 0.15) is 5.82 Å². The second-order valence-electron chi connectivity index (χ2n) is 7.59. The molecule has 3 N–H and O–H groups in total. The highest BCUT2D eigenvalue weighted by Crippen LogP contribution is 2.22. The number of amides is 2. The zero-order valence-corrected chi connectivity index (χ0v) is 15.1. The average Bonchev–Trinajstić information content (AvgIpc) is 2.81. The van der Waals surface area contributed by atoms with Gasteiger partial charge in [-0.2, -0.15) is 5.10 Å². The van der Waals surface area contributed by atoms with Crippen molar-refractivity contribution in [3.8, 4) is 0 Å². The fraction of sp³-hybridized carbons (Fsp3) is 0.706. The van der Waals surface area contributed by atoms with Gasteiger partial charge in [-0.3, -0.25) is 14.5 Å². The highest BCUT2D eigenvalue weighted by molar-refractivity contribution is 5.91. The van der Waals surface area contributed by atoms with Crippen LogP contribution in [0.5, 0.6) is 0 Å². The zero-order valence-electron chi connectivity index (χ0n) is 15.1. The van der Waals surface area contributed by atoms with Crippen LogP contribution in [0.15, 0.2) is 6.07 Å². The van der Waals surface area contributed by atoms with E-state index < -0.39 is 0 Å². The molecular formula is C17H29N5O2. The van der Waals surface area contributed by atoms with E-state index in [9.17, 15) is 9.59 Å². The van der Waals surface area contributed by atoms with Gasteiger partial charge in [0, 0.05) is 18.5 Å². The third kappa shape index (κ3) is 4.80. The van der Waals surface area contributed by atoms with E-state index in [1.807, 2.05) is 38.4 Å². The molecule has 24 heavy (non-hydrogen) atoms. The predicted octanol–water partition coefficient (Wildman–Crippen LogP) is 1.61. The lowest BCUT2D eigenvalue weighted by Gasteiger charge is -2.34. The Balaban J connectivity index is 2.03. The van der Waals surface area contributed by atoms with Crippen LogP contribution in [-0.2, 0) is 15.1 Å². The Morgan fingerprint density at radius 1 is 1.38 bits per heavy atom. The average molecular weight is 335 g/mol. The zero-order chi connectivity index (χ0) is 17.9. The molecule has 1 aliphatic heterocycles. The quantitative estimate of drug-likeness (QED) is 0.855. The standard InChI is InChI=1S/C17H29N5O2/c1-12-9-15(22(20-12)17(2,3)4)19-16(24)11-21-8-6-5-7-13(21)10-14(18)23/h9,13H,5-8,10-11H2,1-4H3,(H2,18,23)(H,19,24)/t13-/m0/s1. The molecule has 1 aliphatic rings. The molecule has 0 aromatic carbocycles. The van der Waals surface area contributed by atoms with Crippen LogP contribution in [0.4, 0.5) is 5.82 Å². The number of piperidine rings is 1. The summed E-state index contributed by atoms with van der Waals surface area (Å²) in [5.41, 5.74) is 5.99. The van der Waals surface area contributed by atoms with E-state index in [-0.39, 0.29) is 29.9 Å². The maximum atomic E-state index is 12.5. The summed E-state index contributed by atoms with van der Waals surface area (Å²) in [7, 11) is 0. The van der Waals surface area contributed by atoms with E-state index in [4.69, 9.17) is 5.73 Å². The molecule has 2 heterocycles. The van der Waals surface area contributed by atoms with Gasteiger partial charge in [-0.25, -0.2) is 4.68 Å². The van der Waals surface area contributed by atoms with Crippen molar-refractivity contribution < 1.29 is 9.59 Å². The number of nitrogens with two attached hydrogens (primary N) is 1. The Kier molecular flexibility index (Phi) is 5.64. The number of aromatic nitrogens is 2. The van der Waals surface area contributed by atoms with E-state index in [2.05, 4.69) is 15.3 Å². The fourth-order valence-electron chi connectivity index (χ4n) is 3.20. The monoisotopic (exact) mass is 335 g/mol. The summed E-state index contributed by atoms with van der Waals surface area (Å²) < 4.78 is 1.83. The van der Waals surface area contributed by atoms with Gasteiger partial charge in [0.2, 0.25) is 11.8 Å². The molecule has 7 heteroatoms. The highest BCUT2D eigenvalue weighted by Gasteiger charge is 2.26. The van der Waals surface area contributed by atoms with Gasteiger partial charge in [0.05, 0.1) is 17.8 Å². The van der Waals surface area contributed by atoms with Gasteiger partial charge in [-0.1, -0.05) is 6.42 Å². The molecule has 1 fully saturated rings. The Labute approximate surface area is 143 Å². The van der Waals surface area contributed by atoms with Crippen LogP contribution in [0.2, 0.25) is 0 Å². The topological polar surface area (TPSA) is 93.3 Å². The number of nitrogens with one attached hydrogen (secondary N) is 1. The smallest absolute Gasteiger partial charge is 0.239 e. The van der Waals surface area contributed by atoms with E-state index in [1.165, 1.54) is 0 Å². The van der Waals surface area contributed by atoms with E-state index in [1.54, 1.807) is 0 Å². The maximum Gasteiger partial charge on any atom is 0.239 e. The molecule has 7 nitrogen and oxygen atoms in total. The lowest BCUT2D eigenvalue weighted by Crippen LogP contribution is -2.45. The summed E-state index contributed by atoms with van der Waals surface area (Å²) in [6.07, 6.45) is 3.34. The molecule has 2 rings (SSSR count). The minimum Gasteiger partial charge on any atom is -0.370 e. The number of hydrogen-bond acceptors (Lipinski definition) is 4. The fourth-order valence-corrected chi connectivity index (χ4v) is 3.20. The Hall–Kier alpha value is -1.89. The number of anilines is 1. The molecular weight excluding hydrogens is 306 g/mol. The number of hydrogen-bond donors (Lipinski definition) is 2. The molecule has 134 valence electrons. The van der Waals surface area contributed by atoms with Crippen molar-refractivity contribution in [2.45, 2.75) is 65.0 Å². The van der Waals surface area contributed by atoms with E-state index >= 15 is 0 Å². The number of likely N-dealkylation sites (tertiary alicyclic amines) is 1. The van der Waals surface area contributed by atoms with Crippen LogP contribution in [0, 0.1) is 6.92 Å². The molecule has 1 aromatic rings. The summed E-state index contributed by atoms with van der Waals surface area (Å²) in [4.78, 5) is 25.8. The van der Waals surface area contributed by atoms with Crippen LogP contribution in [0.25, 0.3) is 0 Å². The largest absolute Gasteiger partial charge is 0.370 e. The normalized spacial score (nSPS) is 19.2. The van der Waals surface area contributed by atoms with Gasteiger partial charge in [0.15, 0.2) is 0 Å². The lowest BCUT2D eigenvalue weighted by atomic mass is 9.99. The first-order valence-electron chi connectivity index (χ1n) is 8.56. The summed E-state index contributed by atoms with van der Waals surface area (Å²) in [5, 5.41) is 7.43. The molecule has 0 saturated carbocycles. The van der Waals surface area contributed by atoms with Gasteiger partial charge < -0.3 is 11.1 Å². The predicted molar refractivity (Wildman–Crippen MR) is 93.6 cm³/mol. The van der Waals surface area contributed by atoms with Gasteiger partial charge >= 0.3 is 0 Å².